The minimum atomic E-state index is -0.663. The summed E-state index contributed by atoms with van der Waals surface area (Å²) in [5.74, 6) is 1.89. The summed E-state index contributed by atoms with van der Waals surface area (Å²) < 4.78 is 16.8. The van der Waals surface area contributed by atoms with Crippen molar-refractivity contribution in [2.75, 3.05) is 33.4 Å². The van der Waals surface area contributed by atoms with Crippen molar-refractivity contribution >= 4 is 21.8 Å². The lowest BCUT2D eigenvalue weighted by molar-refractivity contribution is 0.106. The molecule has 0 radical (unpaired) electrons. The van der Waals surface area contributed by atoms with Gasteiger partial charge in [-0.15, -0.1) is 0 Å². The average Bonchev–Trinajstić information content (AvgIpc) is 3.17. The Morgan fingerprint density at radius 3 is 2.65 bits per heavy atom. The molecule has 1 unspecified atom stereocenters. The summed E-state index contributed by atoms with van der Waals surface area (Å²) in [5.41, 5.74) is 2.06. The molecule has 31 heavy (non-hydrogen) atoms. The molecular weight excluding hydrogens is 396 g/mol. The molecule has 0 aliphatic heterocycles. The van der Waals surface area contributed by atoms with Crippen molar-refractivity contribution < 1.29 is 24.4 Å². The molecule has 0 amide bonds. The molecular formula is C24H26N2O5. The Balaban J connectivity index is 1.25. The zero-order valence-electron chi connectivity index (χ0n) is 17.3. The van der Waals surface area contributed by atoms with Crippen molar-refractivity contribution in [3.63, 3.8) is 0 Å². The van der Waals surface area contributed by atoms with Gasteiger partial charge in [0.2, 0.25) is 0 Å². The normalized spacial score (nSPS) is 12.2. The first-order valence-corrected chi connectivity index (χ1v) is 10.2. The molecule has 4 N–H and O–H groups in total. The van der Waals surface area contributed by atoms with Crippen LogP contribution in [0.4, 0.5) is 0 Å². The lowest BCUT2D eigenvalue weighted by Crippen LogP contribution is -2.33. The number of fused-ring (bicyclic) bond motifs is 3. The monoisotopic (exact) mass is 422 g/mol. The summed E-state index contributed by atoms with van der Waals surface area (Å²) in [4.78, 5) is 3.39. The van der Waals surface area contributed by atoms with E-state index in [0.29, 0.717) is 31.2 Å². The number of benzene rings is 3. The van der Waals surface area contributed by atoms with E-state index >= 15 is 0 Å². The highest BCUT2D eigenvalue weighted by Gasteiger charge is 2.11. The van der Waals surface area contributed by atoms with Crippen molar-refractivity contribution in [1.82, 2.24) is 10.3 Å². The van der Waals surface area contributed by atoms with Crippen LogP contribution in [0.1, 0.15) is 0 Å². The van der Waals surface area contributed by atoms with Crippen LogP contribution in [0.5, 0.6) is 23.0 Å². The Morgan fingerprint density at radius 1 is 0.935 bits per heavy atom. The topological polar surface area (TPSA) is 96.0 Å². The minimum absolute atomic E-state index is 0.119. The van der Waals surface area contributed by atoms with Gasteiger partial charge in [0, 0.05) is 35.4 Å². The van der Waals surface area contributed by atoms with E-state index in [1.165, 1.54) is 13.2 Å². The molecule has 0 fully saturated rings. The fraction of sp³-hybridized carbons (Fsp3) is 0.250. The molecule has 162 valence electrons. The maximum absolute atomic E-state index is 10.3. The number of aromatic amines is 1. The molecule has 0 aliphatic carbocycles. The van der Waals surface area contributed by atoms with Crippen LogP contribution in [0.25, 0.3) is 21.8 Å². The van der Waals surface area contributed by atoms with Gasteiger partial charge in [-0.3, -0.25) is 0 Å². The molecule has 3 aromatic carbocycles. The van der Waals surface area contributed by atoms with E-state index in [1.54, 1.807) is 12.1 Å². The average molecular weight is 422 g/mol. The molecule has 1 heterocycles. The number of phenols is 1. The SMILES string of the molecule is COc1cc(O)ccc1OCCNCC(O)COc1cccc2[nH]c3ccccc3c12. The number of para-hydroxylation sites is 1. The highest BCUT2D eigenvalue weighted by Crippen LogP contribution is 2.33. The second-order valence-electron chi connectivity index (χ2n) is 7.20. The van der Waals surface area contributed by atoms with Gasteiger partial charge in [-0.25, -0.2) is 0 Å². The van der Waals surface area contributed by atoms with Gasteiger partial charge in [-0.1, -0.05) is 24.3 Å². The number of H-pyrrole nitrogens is 1. The molecule has 0 bridgehead atoms. The first-order valence-electron chi connectivity index (χ1n) is 10.2. The van der Waals surface area contributed by atoms with E-state index in [0.717, 1.165) is 27.6 Å². The number of aromatic hydroxyl groups is 1. The molecule has 1 atom stereocenters. The number of phenolic OH excluding ortho intramolecular Hbond substituents is 1. The maximum atomic E-state index is 10.3. The Kier molecular flexibility index (Phi) is 6.45. The first-order chi connectivity index (χ1) is 15.2. The van der Waals surface area contributed by atoms with E-state index < -0.39 is 6.10 Å². The molecule has 4 rings (SSSR count). The number of aliphatic hydroxyl groups is 1. The highest BCUT2D eigenvalue weighted by atomic mass is 16.5. The van der Waals surface area contributed by atoms with E-state index in [2.05, 4.69) is 16.4 Å². The zero-order valence-corrected chi connectivity index (χ0v) is 17.3. The van der Waals surface area contributed by atoms with E-state index in [4.69, 9.17) is 14.2 Å². The Labute approximate surface area is 180 Å². The van der Waals surface area contributed by atoms with Crippen LogP contribution >= 0.6 is 0 Å². The van der Waals surface area contributed by atoms with Crippen molar-refractivity contribution in [2.24, 2.45) is 0 Å². The zero-order chi connectivity index (χ0) is 21.6. The molecule has 0 saturated heterocycles. The van der Waals surface area contributed by atoms with Crippen LogP contribution in [-0.2, 0) is 0 Å². The molecule has 7 heteroatoms. The molecule has 4 aromatic rings. The number of rotatable bonds is 10. The summed E-state index contributed by atoms with van der Waals surface area (Å²) in [7, 11) is 1.52. The molecule has 0 spiro atoms. The fourth-order valence-corrected chi connectivity index (χ4v) is 3.51. The number of nitrogens with one attached hydrogen (secondary N) is 2. The third-order valence-corrected chi connectivity index (χ3v) is 4.99. The predicted octanol–water partition coefficient (Wildman–Crippen LogP) is 3.44. The van der Waals surface area contributed by atoms with Gasteiger partial charge in [-0.05, 0) is 30.3 Å². The van der Waals surface area contributed by atoms with Gasteiger partial charge >= 0.3 is 0 Å². The largest absolute Gasteiger partial charge is 0.508 e. The second kappa shape index (κ2) is 9.59. The van der Waals surface area contributed by atoms with Crippen molar-refractivity contribution in [2.45, 2.75) is 6.10 Å². The summed E-state index contributed by atoms with van der Waals surface area (Å²) in [6, 6.07) is 18.7. The molecule has 7 nitrogen and oxygen atoms in total. The number of aliphatic hydroxyl groups excluding tert-OH is 1. The number of ether oxygens (including phenoxy) is 3. The lowest BCUT2D eigenvalue weighted by atomic mass is 10.1. The third kappa shape index (κ3) is 4.84. The molecule has 0 aliphatic rings. The smallest absolute Gasteiger partial charge is 0.164 e. The van der Waals surface area contributed by atoms with Crippen LogP contribution in [-0.4, -0.2) is 54.7 Å². The van der Waals surface area contributed by atoms with Crippen LogP contribution < -0.4 is 19.5 Å². The first kappa shape index (κ1) is 20.8. The van der Waals surface area contributed by atoms with Gasteiger partial charge in [-0.2, -0.15) is 0 Å². The molecule has 0 saturated carbocycles. The number of hydrogen-bond acceptors (Lipinski definition) is 6. The number of hydrogen-bond donors (Lipinski definition) is 4. The quantitative estimate of drug-likeness (QED) is 0.293. The summed E-state index contributed by atoms with van der Waals surface area (Å²) >= 11 is 0. The second-order valence-corrected chi connectivity index (χ2v) is 7.20. The van der Waals surface area contributed by atoms with Crippen LogP contribution in [0.2, 0.25) is 0 Å². The van der Waals surface area contributed by atoms with Crippen LogP contribution in [0, 0.1) is 0 Å². The Morgan fingerprint density at radius 2 is 1.77 bits per heavy atom. The van der Waals surface area contributed by atoms with Gasteiger partial charge < -0.3 is 34.7 Å². The predicted molar refractivity (Wildman–Crippen MR) is 120 cm³/mol. The summed E-state index contributed by atoms with van der Waals surface area (Å²) in [5, 5.41) is 25.0. The lowest BCUT2D eigenvalue weighted by Gasteiger charge is -2.15. The van der Waals surface area contributed by atoms with E-state index in [9.17, 15) is 10.2 Å². The van der Waals surface area contributed by atoms with Crippen LogP contribution in [0.15, 0.2) is 60.7 Å². The van der Waals surface area contributed by atoms with Gasteiger partial charge in [0.1, 0.15) is 30.8 Å². The number of aromatic nitrogens is 1. The summed E-state index contributed by atoms with van der Waals surface area (Å²) in [6.07, 6.45) is -0.663. The van der Waals surface area contributed by atoms with E-state index in [-0.39, 0.29) is 12.4 Å². The van der Waals surface area contributed by atoms with Crippen LogP contribution in [0.3, 0.4) is 0 Å². The number of methoxy groups -OCH3 is 1. The van der Waals surface area contributed by atoms with Gasteiger partial charge in [0.25, 0.3) is 0 Å². The summed E-state index contributed by atoms with van der Waals surface area (Å²) in [6.45, 7) is 1.49. The fourth-order valence-electron chi connectivity index (χ4n) is 3.51. The third-order valence-electron chi connectivity index (χ3n) is 4.99. The molecule has 1 aromatic heterocycles. The van der Waals surface area contributed by atoms with Crippen molar-refractivity contribution in [3.8, 4) is 23.0 Å². The highest BCUT2D eigenvalue weighted by molar-refractivity contribution is 6.10. The maximum Gasteiger partial charge on any atom is 0.164 e. The van der Waals surface area contributed by atoms with Gasteiger partial charge in [0.15, 0.2) is 11.5 Å². The Bertz CT molecular complexity index is 1160. The van der Waals surface area contributed by atoms with Crippen molar-refractivity contribution in [1.29, 1.82) is 0 Å². The van der Waals surface area contributed by atoms with Gasteiger partial charge in [0.05, 0.1) is 12.6 Å². The minimum Gasteiger partial charge on any atom is -0.508 e. The van der Waals surface area contributed by atoms with Crippen molar-refractivity contribution in [3.05, 3.63) is 60.7 Å². The Hall–Kier alpha value is -3.42. The standard InChI is InChI=1S/C24H26N2O5/c1-29-23-13-16(27)9-10-21(23)30-12-11-25-14-17(28)15-31-22-8-4-7-20-24(22)18-5-2-3-6-19(18)26-20/h2-10,13,17,25-28H,11-12,14-15H2,1H3. The van der Waals surface area contributed by atoms with E-state index in [1.807, 2.05) is 36.4 Å².